The number of nitrogens with zero attached hydrogens (tertiary/aromatic N) is 3. The van der Waals surface area contributed by atoms with Crippen molar-refractivity contribution in [2.24, 2.45) is 4.99 Å². The normalized spacial score (nSPS) is 11.8. The van der Waals surface area contributed by atoms with Crippen molar-refractivity contribution in [2.75, 3.05) is 20.6 Å². The lowest BCUT2D eigenvalue weighted by atomic mass is 10.2. The van der Waals surface area contributed by atoms with Crippen LogP contribution in [0, 0.1) is 0 Å². The summed E-state index contributed by atoms with van der Waals surface area (Å²) in [7, 11) is 3.54. The molecule has 0 unspecified atom stereocenters. The van der Waals surface area contributed by atoms with Crippen molar-refractivity contribution < 1.29 is 13.2 Å². The number of aromatic nitrogens is 1. The fourth-order valence-corrected chi connectivity index (χ4v) is 3.09. The largest absolute Gasteiger partial charge is 0.434 e. The number of rotatable bonds is 5. The number of halogens is 5. The first-order chi connectivity index (χ1) is 11.8. The van der Waals surface area contributed by atoms with Gasteiger partial charge in [-0.3, -0.25) is 4.99 Å². The van der Waals surface area contributed by atoms with Crippen LogP contribution in [-0.2, 0) is 19.1 Å². The molecule has 1 heterocycles. The van der Waals surface area contributed by atoms with Crippen LogP contribution >= 0.6 is 46.9 Å². The van der Waals surface area contributed by atoms with Gasteiger partial charge < -0.3 is 10.2 Å². The van der Waals surface area contributed by atoms with E-state index in [1.807, 2.05) is 36.2 Å². The number of hydrogen-bond donors (Lipinski definition) is 1. The Bertz CT molecular complexity index is 719. The molecule has 1 aromatic carbocycles. The van der Waals surface area contributed by atoms with E-state index in [-0.39, 0.29) is 24.0 Å². The Morgan fingerprint density at radius 2 is 1.96 bits per heavy atom. The summed E-state index contributed by atoms with van der Waals surface area (Å²) in [6.07, 6.45) is -3.99. The molecule has 26 heavy (non-hydrogen) atoms. The molecule has 0 bridgehead atoms. The lowest BCUT2D eigenvalue weighted by molar-refractivity contribution is -0.140. The van der Waals surface area contributed by atoms with E-state index in [2.05, 4.69) is 15.3 Å². The van der Waals surface area contributed by atoms with Gasteiger partial charge in [0.2, 0.25) is 0 Å². The van der Waals surface area contributed by atoms with Crippen LogP contribution in [-0.4, -0.2) is 36.5 Å². The van der Waals surface area contributed by atoms with E-state index in [1.165, 1.54) is 0 Å². The Morgan fingerprint density at radius 1 is 1.31 bits per heavy atom. The highest BCUT2D eigenvalue weighted by atomic mass is 127. The molecule has 10 heteroatoms. The smallest absolute Gasteiger partial charge is 0.356 e. The van der Waals surface area contributed by atoms with E-state index in [9.17, 15) is 13.2 Å². The summed E-state index contributed by atoms with van der Waals surface area (Å²) >= 11 is 6.88. The van der Waals surface area contributed by atoms with Gasteiger partial charge in [0.1, 0.15) is 0 Å². The molecule has 0 aliphatic carbocycles. The van der Waals surface area contributed by atoms with Gasteiger partial charge in [0, 0.05) is 44.0 Å². The lowest BCUT2D eigenvalue weighted by Crippen LogP contribution is -2.39. The van der Waals surface area contributed by atoms with Crippen molar-refractivity contribution in [3.63, 3.8) is 0 Å². The predicted octanol–water partition coefficient (Wildman–Crippen LogP) is 4.68. The minimum Gasteiger partial charge on any atom is -0.356 e. The van der Waals surface area contributed by atoms with Gasteiger partial charge in [0.05, 0.1) is 5.01 Å². The van der Waals surface area contributed by atoms with E-state index in [1.54, 1.807) is 7.05 Å². The van der Waals surface area contributed by atoms with Crippen LogP contribution in [0.2, 0.25) is 5.02 Å². The summed E-state index contributed by atoms with van der Waals surface area (Å²) in [5, 5.41) is 5.29. The zero-order valence-electron chi connectivity index (χ0n) is 14.2. The second kappa shape index (κ2) is 10.3. The number of thiazole rings is 1. The molecule has 0 saturated heterocycles. The van der Waals surface area contributed by atoms with Gasteiger partial charge in [-0.2, -0.15) is 13.2 Å². The minimum atomic E-state index is -4.39. The molecule has 0 amide bonds. The maximum absolute atomic E-state index is 12.5. The Hall–Kier alpha value is -1.07. The molecular weight excluding hydrogens is 500 g/mol. The second-order valence-corrected chi connectivity index (χ2v) is 6.71. The summed E-state index contributed by atoms with van der Waals surface area (Å²) < 4.78 is 37.6. The third-order valence-corrected chi connectivity index (χ3v) is 4.53. The van der Waals surface area contributed by atoms with E-state index in [0.29, 0.717) is 35.5 Å². The molecule has 0 atom stereocenters. The van der Waals surface area contributed by atoms with Gasteiger partial charge in [-0.25, -0.2) is 4.98 Å². The highest BCUT2D eigenvalue weighted by Crippen LogP contribution is 2.30. The summed E-state index contributed by atoms with van der Waals surface area (Å²) in [5.41, 5.74) is 0.237. The van der Waals surface area contributed by atoms with Crippen molar-refractivity contribution in [2.45, 2.75) is 19.1 Å². The molecule has 0 fully saturated rings. The lowest BCUT2D eigenvalue weighted by Gasteiger charge is -2.22. The Morgan fingerprint density at radius 3 is 2.50 bits per heavy atom. The third kappa shape index (κ3) is 6.92. The van der Waals surface area contributed by atoms with Crippen molar-refractivity contribution in [3.8, 4) is 0 Å². The molecule has 2 aromatic rings. The van der Waals surface area contributed by atoms with Crippen molar-refractivity contribution >= 4 is 52.9 Å². The number of guanidine groups is 1. The zero-order chi connectivity index (χ0) is 18.4. The summed E-state index contributed by atoms with van der Waals surface area (Å²) in [6.45, 7) is 1.08. The first-order valence-electron chi connectivity index (χ1n) is 7.47. The minimum absolute atomic E-state index is 0. The molecule has 0 spiro atoms. The second-order valence-electron chi connectivity index (χ2n) is 5.33. The van der Waals surface area contributed by atoms with Crippen LogP contribution in [0.3, 0.4) is 0 Å². The van der Waals surface area contributed by atoms with Crippen molar-refractivity contribution in [3.05, 3.63) is 50.9 Å². The van der Waals surface area contributed by atoms with Gasteiger partial charge in [-0.15, -0.1) is 35.3 Å². The predicted molar refractivity (Wildman–Crippen MR) is 111 cm³/mol. The molecule has 0 aliphatic rings. The highest BCUT2D eigenvalue weighted by Gasteiger charge is 2.33. The molecule has 2 rings (SSSR count). The maximum Gasteiger partial charge on any atom is 0.434 e. The fourth-order valence-electron chi connectivity index (χ4n) is 2.16. The fraction of sp³-hybridized carbons (Fsp3) is 0.375. The van der Waals surface area contributed by atoms with Crippen molar-refractivity contribution in [1.82, 2.24) is 15.2 Å². The van der Waals surface area contributed by atoms with Gasteiger partial charge in [0.25, 0.3) is 0 Å². The number of aliphatic imine (C=N–C) groups is 1. The first-order valence-corrected chi connectivity index (χ1v) is 8.73. The van der Waals surface area contributed by atoms with Gasteiger partial charge in [0.15, 0.2) is 11.7 Å². The Labute approximate surface area is 176 Å². The van der Waals surface area contributed by atoms with E-state index >= 15 is 0 Å². The monoisotopic (exact) mass is 518 g/mol. The topological polar surface area (TPSA) is 40.5 Å². The Balaban J connectivity index is 0.00000338. The van der Waals surface area contributed by atoms with Crippen LogP contribution < -0.4 is 5.32 Å². The molecule has 0 aliphatic heterocycles. The van der Waals surface area contributed by atoms with Crippen LogP contribution in [0.1, 0.15) is 16.3 Å². The average Bonchev–Trinajstić information content (AvgIpc) is 3.03. The molecule has 0 saturated carbocycles. The van der Waals surface area contributed by atoms with Crippen LogP contribution in [0.25, 0.3) is 0 Å². The van der Waals surface area contributed by atoms with Crippen LogP contribution in [0.15, 0.2) is 34.6 Å². The summed E-state index contributed by atoms with van der Waals surface area (Å²) in [5.74, 6) is 0.655. The Kier molecular flexibility index (Phi) is 9.11. The number of alkyl halides is 3. The zero-order valence-corrected chi connectivity index (χ0v) is 18.1. The van der Waals surface area contributed by atoms with Crippen LogP contribution in [0.4, 0.5) is 13.2 Å². The number of hydrogen-bond acceptors (Lipinski definition) is 3. The number of nitrogens with one attached hydrogen (secondary N) is 1. The van der Waals surface area contributed by atoms with Gasteiger partial charge in [-0.05, 0) is 17.7 Å². The standard InChI is InChI=1S/C16H18ClF3N4S.HI/c1-21-15(24(2)9-11-3-5-12(17)6-4-11)22-8-7-14-23-13(10-25-14)16(18,19)20;/h3-6,10H,7-9H2,1-2H3,(H,21,22);1H. The van der Waals surface area contributed by atoms with E-state index < -0.39 is 11.9 Å². The maximum atomic E-state index is 12.5. The van der Waals surface area contributed by atoms with Gasteiger partial charge in [-0.1, -0.05) is 23.7 Å². The molecule has 144 valence electrons. The van der Waals surface area contributed by atoms with Gasteiger partial charge >= 0.3 is 6.18 Å². The van der Waals surface area contributed by atoms with Crippen LogP contribution in [0.5, 0.6) is 0 Å². The summed E-state index contributed by atoms with van der Waals surface area (Å²) in [4.78, 5) is 9.72. The summed E-state index contributed by atoms with van der Waals surface area (Å²) in [6, 6.07) is 7.50. The molecule has 1 N–H and O–H groups in total. The molecule has 4 nitrogen and oxygen atoms in total. The highest BCUT2D eigenvalue weighted by molar-refractivity contribution is 14.0. The molecule has 1 aromatic heterocycles. The SMILES string of the molecule is CN=C(NCCc1nc(C(F)(F)F)cs1)N(C)Cc1ccc(Cl)cc1.I. The molecular formula is C16H19ClF3IN4S. The third-order valence-electron chi connectivity index (χ3n) is 3.37. The van der Waals surface area contributed by atoms with E-state index in [0.717, 1.165) is 22.3 Å². The number of benzene rings is 1. The average molecular weight is 519 g/mol. The first kappa shape index (κ1) is 23.0. The molecule has 0 radical (unpaired) electrons. The van der Waals surface area contributed by atoms with Crippen molar-refractivity contribution in [1.29, 1.82) is 0 Å². The van der Waals surface area contributed by atoms with E-state index in [4.69, 9.17) is 11.6 Å². The quantitative estimate of drug-likeness (QED) is 0.355.